The molecule has 34 heavy (non-hydrogen) atoms. The SMILES string of the molecule is COc1ccc2nccc(C(O)CN3C4CCC3CC(NCN3C=c5cnoc5=CC3)C4)c2n1. The lowest BCUT2D eigenvalue weighted by atomic mass is 9.96. The van der Waals surface area contributed by atoms with E-state index < -0.39 is 6.10 Å². The topological polar surface area (TPSA) is 99.8 Å². The molecule has 178 valence electrons. The zero-order valence-electron chi connectivity index (χ0n) is 19.3. The Morgan fingerprint density at radius 1 is 1.24 bits per heavy atom. The maximum atomic E-state index is 11.2. The average Bonchev–Trinajstić information content (AvgIpc) is 3.42. The van der Waals surface area contributed by atoms with Crippen LogP contribution in [0.4, 0.5) is 0 Å². The lowest BCUT2D eigenvalue weighted by Gasteiger charge is -2.40. The first kappa shape index (κ1) is 21.5. The molecule has 2 fully saturated rings. The molecule has 3 aliphatic rings. The molecule has 6 rings (SSSR count). The van der Waals surface area contributed by atoms with E-state index in [1.807, 2.05) is 12.1 Å². The van der Waals surface area contributed by atoms with E-state index in [1.54, 1.807) is 25.6 Å². The highest BCUT2D eigenvalue weighted by atomic mass is 16.5. The summed E-state index contributed by atoms with van der Waals surface area (Å²) in [5.74, 6) is 0.532. The number of ether oxygens (including phenoxy) is 1. The number of methoxy groups -OCH3 is 1. The molecule has 0 aromatic carbocycles. The van der Waals surface area contributed by atoms with Crippen LogP contribution in [0.3, 0.4) is 0 Å². The largest absolute Gasteiger partial charge is 0.481 e. The summed E-state index contributed by atoms with van der Waals surface area (Å²) >= 11 is 0. The van der Waals surface area contributed by atoms with E-state index in [9.17, 15) is 5.11 Å². The molecule has 0 amide bonds. The number of aromatic nitrogens is 3. The van der Waals surface area contributed by atoms with Gasteiger partial charge in [-0.1, -0.05) is 5.16 Å². The van der Waals surface area contributed by atoms with Gasteiger partial charge in [-0.3, -0.25) is 15.2 Å². The van der Waals surface area contributed by atoms with E-state index >= 15 is 0 Å². The lowest BCUT2D eigenvalue weighted by Crippen LogP contribution is -2.52. The van der Waals surface area contributed by atoms with Gasteiger partial charge in [-0.05, 0) is 43.9 Å². The predicted molar refractivity (Wildman–Crippen MR) is 127 cm³/mol. The van der Waals surface area contributed by atoms with Crippen LogP contribution in [0.5, 0.6) is 5.88 Å². The van der Waals surface area contributed by atoms with Crippen LogP contribution in [-0.2, 0) is 0 Å². The number of nitrogens with one attached hydrogen (secondary N) is 1. The summed E-state index contributed by atoms with van der Waals surface area (Å²) in [7, 11) is 1.60. The van der Waals surface area contributed by atoms with Gasteiger partial charge in [0.05, 0.1) is 42.3 Å². The second-order valence-electron chi connectivity index (χ2n) is 9.50. The third-order valence-electron chi connectivity index (χ3n) is 7.47. The Balaban J connectivity index is 1.10. The summed E-state index contributed by atoms with van der Waals surface area (Å²) in [6.45, 7) is 2.25. The van der Waals surface area contributed by atoms with Crippen LogP contribution in [0.25, 0.3) is 23.3 Å². The summed E-state index contributed by atoms with van der Waals surface area (Å²) in [4.78, 5) is 13.7. The summed E-state index contributed by atoms with van der Waals surface area (Å²) in [5, 5.41) is 19.9. The summed E-state index contributed by atoms with van der Waals surface area (Å²) < 4.78 is 10.5. The Morgan fingerprint density at radius 3 is 2.91 bits per heavy atom. The van der Waals surface area contributed by atoms with E-state index in [2.05, 4.69) is 42.5 Å². The highest BCUT2D eigenvalue weighted by molar-refractivity contribution is 5.78. The molecule has 0 radical (unpaired) electrons. The zero-order valence-corrected chi connectivity index (χ0v) is 19.3. The Kier molecular flexibility index (Phi) is 5.68. The Bertz CT molecular complexity index is 1280. The minimum atomic E-state index is -0.617. The van der Waals surface area contributed by atoms with Crippen LogP contribution in [0.15, 0.2) is 35.1 Å². The van der Waals surface area contributed by atoms with Gasteiger partial charge in [0.1, 0.15) is 0 Å². The maximum Gasteiger partial charge on any atom is 0.213 e. The molecule has 2 N–H and O–H groups in total. The molecule has 3 atom stereocenters. The summed E-state index contributed by atoms with van der Waals surface area (Å²) in [6, 6.07) is 7.03. The zero-order chi connectivity index (χ0) is 23.1. The van der Waals surface area contributed by atoms with E-state index in [-0.39, 0.29) is 0 Å². The standard InChI is InChI=1S/C25H30N6O3/c1-33-24-5-4-21-25(29-24)20(6-8-26-21)22(32)14-31-18-2-3-19(31)11-17(10-18)27-15-30-9-7-23-16(13-30)12-28-34-23/h4-8,12-13,17-19,22,27,32H,2-3,9-11,14-15H2,1H3. The fourth-order valence-electron chi connectivity index (χ4n) is 5.76. The van der Waals surface area contributed by atoms with Gasteiger partial charge in [0.2, 0.25) is 5.88 Å². The van der Waals surface area contributed by atoms with Gasteiger partial charge in [-0.25, -0.2) is 4.98 Å². The molecular formula is C25H30N6O3. The first-order valence-corrected chi connectivity index (χ1v) is 12.0. The number of pyridine rings is 2. The van der Waals surface area contributed by atoms with Crippen LogP contribution < -0.4 is 20.7 Å². The number of fused-ring (bicyclic) bond motifs is 4. The van der Waals surface area contributed by atoms with Crippen molar-refractivity contribution in [3.8, 4) is 5.88 Å². The quantitative estimate of drug-likeness (QED) is 0.527. The van der Waals surface area contributed by atoms with Crippen LogP contribution in [-0.4, -0.2) is 75.0 Å². The number of hydrogen-bond donors (Lipinski definition) is 2. The molecule has 0 aliphatic carbocycles. The first-order chi connectivity index (χ1) is 16.7. The normalized spacial score (nSPS) is 25.0. The second kappa shape index (κ2) is 8.98. The molecule has 2 bridgehead atoms. The third-order valence-corrected chi connectivity index (χ3v) is 7.47. The van der Waals surface area contributed by atoms with Crippen molar-refractivity contribution >= 4 is 23.3 Å². The molecule has 2 saturated heterocycles. The molecule has 3 unspecified atom stereocenters. The van der Waals surface area contributed by atoms with Crippen molar-refractivity contribution < 1.29 is 14.4 Å². The van der Waals surface area contributed by atoms with Crippen LogP contribution in [0.2, 0.25) is 0 Å². The summed E-state index contributed by atoms with van der Waals surface area (Å²) in [5.41, 5.74) is 3.16. The van der Waals surface area contributed by atoms with Crippen molar-refractivity contribution in [2.75, 3.05) is 26.9 Å². The molecule has 6 heterocycles. The van der Waals surface area contributed by atoms with Crippen molar-refractivity contribution in [2.45, 2.75) is 49.9 Å². The van der Waals surface area contributed by atoms with Crippen LogP contribution in [0.1, 0.15) is 37.4 Å². The van der Waals surface area contributed by atoms with Crippen molar-refractivity contribution in [3.63, 3.8) is 0 Å². The smallest absolute Gasteiger partial charge is 0.213 e. The predicted octanol–water partition coefficient (Wildman–Crippen LogP) is 0.737. The third kappa shape index (κ3) is 4.04. The van der Waals surface area contributed by atoms with E-state index in [0.717, 1.165) is 47.8 Å². The minimum Gasteiger partial charge on any atom is -0.481 e. The number of rotatable bonds is 7. The minimum absolute atomic E-state index is 0.482. The Morgan fingerprint density at radius 2 is 2.09 bits per heavy atom. The number of aliphatic hydroxyl groups is 1. The van der Waals surface area contributed by atoms with E-state index in [4.69, 9.17) is 9.26 Å². The van der Waals surface area contributed by atoms with Crippen molar-refractivity contribution in [1.29, 1.82) is 0 Å². The van der Waals surface area contributed by atoms with Gasteiger partial charge in [-0.15, -0.1) is 0 Å². The molecule has 3 aromatic rings. The Labute approximate surface area is 197 Å². The molecule has 3 aromatic heterocycles. The van der Waals surface area contributed by atoms with Crippen molar-refractivity contribution in [2.24, 2.45) is 0 Å². The van der Waals surface area contributed by atoms with E-state index in [0.29, 0.717) is 36.1 Å². The number of piperidine rings is 1. The number of aliphatic hydroxyl groups excluding tert-OH is 1. The van der Waals surface area contributed by atoms with Crippen LogP contribution in [0, 0.1) is 0 Å². The van der Waals surface area contributed by atoms with Gasteiger partial charge in [0, 0.05) is 55.2 Å². The monoisotopic (exact) mass is 462 g/mol. The molecule has 3 aliphatic heterocycles. The number of hydrogen-bond acceptors (Lipinski definition) is 9. The first-order valence-electron chi connectivity index (χ1n) is 12.0. The highest BCUT2D eigenvalue weighted by Crippen LogP contribution is 2.37. The fraction of sp³-hybridized carbons (Fsp3) is 0.480. The highest BCUT2D eigenvalue weighted by Gasteiger charge is 2.41. The van der Waals surface area contributed by atoms with Gasteiger partial charge in [-0.2, -0.15) is 0 Å². The van der Waals surface area contributed by atoms with Gasteiger partial charge in [0.25, 0.3) is 0 Å². The fourth-order valence-corrected chi connectivity index (χ4v) is 5.76. The Hall–Kier alpha value is -3.01. The molecule has 9 heteroatoms. The molecule has 0 saturated carbocycles. The molecule has 9 nitrogen and oxygen atoms in total. The van der Waals surface area contributed by atoms with E-state index in [1.165, 1.54) is 12.8 Å². The lowest BCUT2D eigenvalue weighted by molar-refractivity contribution is 0.0510. The van der Waals surface area contributed by atoms with Gasteiger partial charge in [0.15, 0.2) is 5.42 Å². The van der Waals surface area contributed by atoms with Crippen molar-refractivity contribution in [1.82, 2.24) is 30.2 Å². The molecule has 0 spiro atoms. The summed E-state index contributed by atoms with van der Waals surface area (Å²) in [6.07, 6.45) is 11.7. The van der Waals surface area contributed by atoms with Gasteiger partial charge >= 0.3 is 0 Å². The molecular weight excluding hydrogens is 432 g/mol. The van der Waals surface area contributed by atoms with Crippen molar-refractivity contribution in [3.05, 3.63) is 46.8 Å². The van der Waals surface area contributed by atoms with Gasteiger partial charge < -0.3 is 19.3 Å². The average molecular weight is 463 g/mol. The maximum absolute atomic E-state index is 11.2. The second-order valence-corrected chi connectivity index (χ2v) is 9.50. The van der Waals surface area contributed by atoms with Crippen LogP contribution >= 0.6 is 0 Å². The number of nitrogens with zero attached hydrogens (tertiary/aromatic N) is 5.